The fourth-order valence-electron chi connectivity index (χ4n) is 1.99. The molecule has 1 amide bonds. The lowest BCUT2D eigenvalue weighted by Gasteiger charge is -2.05. The van der Waals surface area contributed by atoms with Crippen molar-refractivity contribution < 1.29 is 9.32 Å². The third-order valence-electron chi connectivity index (χ3n) is 3.39. The Kier molecular flexibility index (Phi) is 5.69. The van der Waals surface area contributed by atoms with Gasteiger partial charge in [0.05, 0.1) is 0 Å². The molecule has 0 aliphatic heterocycles. The first-order valence-electron chi connectivity index (χ1n) is 7.71. The first-order chi connectivity index (χ1) is 10.5. The molecule has 0 radical (unpaired) electrons. The van der Waals surface area contributed by atoms with Gasteiger partial charge in [0.1, 0.15) is 0 Å². The van der Waals surface area contributed by atoms with E-state index in [4.69, 9.17) is 4.52 Å². The second-order valence-electron chi connectivity index (χ2n) is 5.91. The van der Waals surface area contributed by atoms with Crippen molar-refractivity contribution in [2.45, 2.75) is 40.0 Å². The molecule has 0 unspecified atom stereocenters. The highest BCUT2D eigenvalue weighted by Crippen LogP contribution is 2.16. The minimum Gasteiger partial charge on any atom is -0.356 e. The van der Waals surface area contributed by atoms with E-state index < -0.39 is 0 Å². The summed E-state index contributed by atoms with van der Waals surface area (Å²) < 4.78 is 5.20. The third kappa shape index (κ3) is 4.98. The van der Waals surface area contributed by atoms with Crippen molar-refractivity contribution in [2.75, 3.05) is 6.54 Å². The Morgan fingerprint density at radius 3 is 2.68 bits per heavy atom. The third-order valence-corrected chi connectivity index (χ3v) is 3.39. The number of hydrogen-bond acceptors (Lipinski definition) is 4. The van der Waals surface area contributed by atoms with E-state index in [0.29, 0.717) is 30.5 Å². The molecule has 1 aromatic carbocycles. The van der Waals surface area contributed by atoms with Gasteiger partial charge in [-0.1, -0.05) is 48.8 Å². The molecule has 2 rings (SSSR count). The highest BCUT2D eigenvalue weighted by molar-refractivity contribution is 5.75. The standard InChI is InChI=1S/C17H23N3O2/c1-12(2)10-11-18-15(21)8-9-16-19-17(20-22-16)14-6-4-13(3)5-7-14/h4-7,12H,8-11H2,1-3H3,(H,18,21). The van der Waals surface area contributed by atoms with E-state index >= 15 is 0 Å². The van der Waals surface area contributed by atoms with Crippen molar-refractivity contribution in [3.63, 3.8) is 0 Å². The second-order valence-corrected chi connectivity index (χ2v) is 5.91. The Balaban J connectivity index is 1.82. The van der Waals surface area contributed by atoms with Gasteiger partial charge in [-0.3, -0.25) is 4.79 Å². The van der Waals surface area contributed by atoms with Crippen LogP contribution in [0.25, 0.3) is 11.4 Å². The molecule has 1 heterocycles. The molecule has 0 spiro atoms. The molecular formula is C17H23N3O2. The molecule has 5 nitrogen and oxygen atoms in total. The van der Waals surface area contributed by atoms with E-state index in [2.05, 4.69) is 29.3 Å². The van der Waals surface area contributed by atoms with Gasteiger partial charge in [0.2, 0.25) is 17.6 Å². The number of carbonyl (C=O) groups is 1. The smallest absolute Gasteiger partial charge is 0.227 e. The lowest BCUT2D eigenvalue weighted by Crippen LogP contribution is -2.25. The summed E-state index contributed by atoms with van der Waals surface area (Å²) in [5.74, 6) is 1.67. The van der Waals surface area contributed by atoms with Gasteiger partial charge in [-0.2, -0.15) is 4.98 Å². The minimum absolute atomic E-state index is 0.0238. The van der Waals surface area contributed by atoms with Gasteiger partial charge in [-0.25, -0.2) is 0 Å². The molecule has 0 aliphatic carbocycles. The maximum atomic E-state index is 11.7. The van der Waals surface area contributed by atoms with Crippen LogP contribution in [0.4, 0.5) is 0 Å². The van der Waals surface area contributed by atoms with Crippen molar-refractivity contribution in [2.24, 2.45) is 5.92 Å². The molecule has 1 N–H and O–H groups in total. The summed E-state index contributed by atoms with van der Waals surface area (Å²) in [5, 5.41) is 6.86. The first-order valence-corrected chi connectivity index (χ1v) is 7.71. The van der Waals surface area contributed by atoms with Crippen molar-refractivity contribution >= 4 is 5.91 Å². The van der Waals surface area contributed by atoms with Crippen molar-refractivity contribution in [1.29, 1.82) is 0 Å². The Hall–Kier alpha value is -2.17. The number of nitrogens with one attached hydrogen (secondary N) is 1. The maximum Gasteiger partial charge on any atom is 0.227 e. The molecule has 118 valence electrons. The van der Waals surface area contributed by atoms with Gasteiger partial charge in [0.25, 0.3) is 0 Å². The lowest BCUT2D eigenvalue weighted by atomic mass is 10.1. The number of hydrogen-bond donors (Lipinski definition) is 1. The summed E-state index contributed by atoms with van der Waals surface area (Å²) in [6, 6.07) is 7.94. The number of amides is 1. The normalized spacial score (nSPS) is 10.9. The molecule has 0 bridgehead atoms. The largest absolute Gasteiger partial charge is 0.356 e. The number of nitrogens with zero attached hydrogens (tertiary/aromatic N) is 2. The number of rotatable bonds is 7. The minimum atomic E-state index is 0.0238. The van der Waals surface area contributed by atoms with E-state index in [1.54, 1.807) is 0 Å². The van der Waals surface area contributed by atoms with E-state index in [9.17, 15) is 4.79 Å². The Morgan fingerprint density at radius 1 is 1.27 bits per heavy atom. The van der Waals surface area contributed by atoms with Gasteiger partial charge in [-0.05, 0) is 19.3 Å². The maximum absolute atomic E-state index is 11.7. The summed E-state index contributed by atoms with van der Waals surface area (Å²) in [5.41, 5.74) is 2.10. The molecule has 0 saturated heterocycles. The molecule has 0 atom stereocenters. The van der Waals surface area contributed by atoms with Crippen LogP contribution in [-0.4, -0.2) is 22.6 Å². The predicted octanol–water partition coefficient (Wildman–Crippen LogP) is 3.14. The number of aryl methyl sites for hydroxylation is 2. The molecule has 0 aliphatic rings. The average Bonchev–Trinajstić information content (AvgIpc) is 2.94. The molecule has 2 aromatic rings. The first kappa shape index (κ1) is 16.2. The summed E-state index contributed by atoms with van der Waals surface area (Å²) in [4.78, 5) is 16.0. The van der Waals surface area contributed by atoms with Gasteiger partial charge in [0, 0.05) is 24.9 Å². The zero-order valence-corrected chi connectivity index (χ0v) is 13.4. The fraction of sp³-hybridized carbons (Fsp3) is 0.471. The molecule has 1 aromatic heterocycles. The van der Waals surface area contributed by atoms with Crippen LogP contribution in [0.2, 0.25) is 0 Å². The monoisotopic (exact) mass is 301 g/mol. The topological polar surface area (TPSA) is 68.0 Å². The second kappa shape index (κ2) is 7.73. The van der Waals surface area contributed by atoms with Crippen molar-refractivity contribution in [3.8, 4) is 11.4 Å². The summed E-state index contributed by atoms with van der Waals surface area (Å²) in [6.07, 6.45) is 1.82. The van der Waals surface area contributed by atoms with Crippen molar-refractivity contribution in [1.82, 2.24) is 15.5 Å². The van der Waals surface area contributed by atoms with Crippen LogP contribution in [0.15, 0.2) is 28.8 Å². The van der Waals surface area contributed by atoms with Crippen LogP contribution in [0.3, 0.4) is 0 Å². The van der Waals surface area contributed by atoms with Gasteiger partial charge >= 0.3 is 0 Å². The van der Waals surface area contributed by atoms with Gasteiger partial charge in [0.15, 0.2) is 0 Å². The van der Waals surface area contributed by atoms with Gasteiger partial charge in [-0.15, -0.1) is 0 Å². The van der Waals surface area contributed by atoms with Crippen molar-refractivity contribution in [3.05, 3.63) is 35.7 Å². The zero-order chi connectivity index (χ0) is 15.9. The van der Waals surface area contributed by atoms with E-state index in [1.807, 2.05) is 31.2 Å². The summed E-state index contributed by atoms with van der Waals surface area (Å²) in [7, 11) is 0. The Labute approximate surface area is 131 Å². The number of benzene rings is 1. The SMILES string of the molecule is Cc1ccc(-c2noc(CCC(=O)NCCC(C)C)n2)cc1. The lowest BCUT2D eigenvalue weighted by molar-refractivity contribution is -0.121. The summed E-state index contributed by atoms with van der Waals surface area (Å²) >= 11 is 0. The van der Waals surface area contributed by atoms with E-state index in [1.165, 1.54) is 5.56 Å². The predicted molar refractivity (Wildman–Crippen MR) is 85.3 cm³/mol. The fourth-order valence-corrected chi connectivity index (χ4v) is 1.99. The molecule has 0 fully saturated rings. The molecule has 0 saturated carbocycles. The van der Waals surface area contributed by atoms with Crippen LogP contribution in [0.5, 0.6) is 0 Å². The number of aromatic nitrogens is 2. The summed E-state index contributed by atoms with van der Waals surface area (Å²) in [6.45, 7) is 7.02. The highest BCUT2D eigenvalue weighted by atomic mass is 16.5. The van der Waals surface area contributed by atoms with Crippen LogP contribution in [0.1, 0.15) is 38.1 Å². The van der Waals surface area contributed by atoms with Crippen LogP contribution in [-0.2, 0) is 11.2 Å². The van der Waals surface area contributed by atoms with Gasteiger partial charge < -0.3 is 9.84 Å². The van der Waals surface area contributed by atoms with Crippen LogP contribution < -0.4 is 5.32 Å². The highest BCUT2D eigenvalue weighted by Gasteiger charge is 2.10. The van der Waals surface area contributed by atoms with Crippen LogP contribution in [0, 0.1) is 12.8 Å². The van der Waals surface area contributed by atoms with E-state index in [0.717, 1.165) is 18.5 Å². The average molecular weight is 301 g/mol. The Bertz CT molecular complexity index is 603. The molecule has 22 heavy (non-hydrogen) atoms. The zero-order valence-electron chi connectivity index (χ0n) is 13.4. The van der Waals surface area contributed by atoms with Crippen LogP contribution >= 0.6 is 0 Å². The quantitative estimate of drug-likeness (QED) is 0.853. The molecule has 5 heteroatoms. The number of carbonyl (C=O) groups excluding carboxylic acids is 1. The van der Waals surface area contributed by atoms with E-state index in [-0.39, 0.29) is 5.91 Å². The Morgan fingerprint density at radius 2 is 2.00 bits per heavy atom. The molecular weight excluding hydrogens is 278 g/mol.